The summed E-state index contributed by atoms with van der Waals surface area (Å²) < 4.78 is 15.2. The quantitative estimate of drug-likeness (QED) is 0.586. The first-order valence-electron chi connectivity index (χ1n) is 9.27. The average Bonchev–Trinajstić information content (AvgIpc) is 3.34. The second-order valence-electron chi connectivity index (χ2n) is 6.79. The lowest BCUT2D eigenvalue weighted by Crippen LogP contribution is -2.40. The molecule has 1 aliphatic heterocycles. The molecule has 0 saturated carbocycles. The molecule has 1 aromatic carbocycles. The number of aryl methyl sites for hydroxylation is 1. The van der Waals surface area contributed by atoms with Gasteiger partial charge in [0.1, 0.15) is 11.5 Å². The van der Waals surface area contributed by atoms with Gasteiger partial charge in [-0.25, -0.2) is 19.3 Å². The van der Waals surface area contributed by atoms with Gasteiger partial charge in [0.15, 0.2) is 0 Å². The summed E-state index contributed by atoms with van der Waals surface area (Å²) in [5.41, 5.74) is 0.739. The number of nitrogens with zero attached hydrogens (tertiary/aromatic N) is 4. The fourth-order valence-electron chi connectivity index (χ4n) is 3.46. The molecule has 4 rings (SSSR count). The van der Waals surface area contributed by atoms with E-state index in [9.17, 15) is 9.18 Å². The third-order valence-corrected chi connectivity index (χ3v) is 6.22. The van der Waals surface area contributed by atoms with Crippen molar-refractivity contribution in [2.75, 3.05) is 18.4 Å². The molecule has 0 bridgehead atoms. The standard InChI is InChI=1S/C20H19BrFN5OS/c1-12-26-17(18(29-12)15-6-2-3-7-16(15)22)19(28)27-8-4-5-14(27)11-25-20-23-9-13(21)10-24-20/h2-3,6-7,9-10,14H,4-5,8,11H2,1H3,(H,23,24,25)/t14-/m0/s1. The summed E-state index contributed by atoms with van der Waals surface area (Å²) in [5.74, 6) is 0.00917. The van der Waals surface area contributed by atoms with E-state index in [1.807, 2.05) is 11.8 Å². The van der Waals surface area contributed by atoms with Gasteiger partial charge >= 0.3 is 0 Å². The molecule has 3 aromatic rings. The maximum atomic E-state index is 14.3. The smallest absolute Gasteiger partial charge is 0.274 e. The number of rotatable bonds is 5. The van der Waals surface area contributed by atoms with Crippen LogP contribution in [0.15, 0.2) is 41.1 Å². The second-order valence-corrected chi connectivity index (χ2v) is 8.91. The van der Waals surface area contributed by atoms with Crippen LogP contribution >= 0.6 is 27.3 Å². The lowest BCUT2D eigenvalue weighted by molar-refractivity contribution is 0.0739. The van der Waals surface area contributed by atoms with Gasteiger partial charge in [0, 0.05) is 37.1 Å². The molecule has 0 unspecified atom stereocenters. The molecule has 9 heteroatoms. The average molecular weight is 476 g/mol. The van der Waals surface area contributed by atoms with Crippen molar-refractivity contribution in [3.05, 3.63) is 57.7 Å². The molecule has 1 aliphatic rings. The molecule has 0 aliphatic carbocycles. The molecule has 150 valence electrons. The molecule has 0 radical (unpaired) electrons. The molecule has 1 atom stereocenters. The first-order valence-corrected chi connectivity index (χ1v) is 10.9. The summed E-state index contributed by atoms with van der Waals surface area (Å²) in [7, 11) is 0. The molecule has 1 fully saturated rings. The van der Waals surface area contributed by atoms with Crippen molar-refractivity contribution in [1.82, 2.24) is 19.9 Å². The Hall–Kier alpha value is -2.39. The third kappa shape index (κ3) is 4.30. The molecule has 29 heavy (non-hydrogen) atoms. The molecule has 3 heterocycles. The lowest BCUT2D eigenvalue weighted by atomic mass is 10.1. The monoisotopic (exact) mass is 475 g/mol. The van der Waals surface area contributed by atoms with E-state index in [-0.39, 0.29) is 17.8 Å². The number of aromatic nitrogens is 3. The van der Waals surface area contributed by atoms with E-state index in [0.717, 1.165) is 22.3 Å². The number of amides is 1. The summed E-state index contributed by atoms with van der Waals surface area (Å²) in [6.07, 6.45) is 5.14. The van der Waals surface area contributed by atoms with Gasteiger partial charge in [0.05, 0.1) is 14.4 Å². The Morgan fingerprint density at radius 1 is 1.34 bits per heavy atom. The zero-order valence-corrected chi connectivity index (χ0v) is 18.1. The number of hydrogen-bond acceptors (Lipinski definition) is 6. The van der Waals surface area contributed by atoms with Crippen LogP contribution in [0.1, 0.15) is 28.3 Å². The Kier molecular flexibility index (Phi) is 5.86. The van der Waals surface area contributed by atoms with Crippen molar-refractivity contribution in [3.8, 4) is 10.4 Å². The SMILES string of the molecule is Cc1nc(C(=O)N2CCC[C@H]2CNc2ncc(Br)cn2)c(-c2ccccc2F)s1. The molecule has 6 nitrogen and oxygen atoms in total. The van der Waals surface area contributed by atoms with E-state index in [4.69, 9.17) is 0 Å². The minimum atomic E-state index is -0.350. The van der Waals surface area contributed by atoms with Crippen molar-refractivity contribution in [2.45, 2.75) is 25.8 Å². The fraction of sp³-hybridized carbons (Fsp3) is 0.300. The number of halogens is 2. The van der Waals surface area contributed by atoms with Crippen molar-refractivity contribution in [3.63, 3.8) is 0 Å². The van der Waals surface area contributed by atoms with Crippen LogP contribution in [-0.4, -0.2) is 44.9 Å². The molecule has 1 saturated heterocycles. The number of thiazole rings is 1. The molecular formula is C20H19BrFN5OS. The molecular weight excluding hydrogens is 457 g/mol. The van der Waals surface area contributed by atoms with E-state index >= 15 is 0 Å². The number of carbonyl (C=O) groups excluding carboxylic acids is 1. The van der Waals surface area contributed by atoms with Crippen LogP contribution in [0.25, 0.3) is 10.4 Å². The van der Waals surface area contributed by atoms with Crippen LogP contribution in [0.3, 0.4) is 0 Å². The van der Waals surface area contributed by atoms with Gasteiger partial charge in [-0.15, -0.1) is 11.3 Å². The van der Waals surface area contributed by atoms with E-state index < -0.39 is 0 Å². The van der Waals surface area contributed by atoms with Crippen molar-refractivity contribution < 1.29 is 9.18 Å². The van der Waals surface area contributed by atoms with Crippen molar-refractivity contribution >= 4 is 39.1 Å². The predicted octanol–water partition coefficient (Wildman–Crippen LogP) is 4.53. The Labute approximate surface area is 180 Å². The van der Waals surface area contributed by atoms with E-state index in [2.05, 4.69) is 36.2 Å². The third-order valence-electron chi connectivity index (χ3n) is 4.81. The lowest BCUT2D eigenvalue weighted by Gasteiger charge is -2.24. The Bertz CT molecular complexity index is 1030. The molecule has 1 N–H and O–H groups in total. The van der Waals surface area contributed by atoms with Gasteiger partial charge in [-0.1, -0.05) is 18.2 Å². The number of nitrogens with one attached hydrogen (secondary N) is 1. The van der Waals surface area contributed by atoms with Crippen LogP contribution in [0.2, 0.25) is 0 Å². The van der Waals surface area contributed by atoms with Gasteiger partial charge in [0.25, 0.3) is 5.91 Å². The molecule has 1 amide bonds. The second kappa shape index (κ2) is 8.54. The van der Waals surface area contributed by atoms with Crippen LogP contribution in [0.4, 0.5) is 10.3 Å². The zero-order valence-electron chi connectivity index (χ0n) is 15.7. The van der Waals surface area contributed by atoms with Crippen LogP contribution in [-0.2, 0) is 0 Å². The fourth-order valence-corrected chi connectivity index (χ4v) is 4.61. The number of likely N-dealkylation sites (tertiary alicyclic amines) is 1. The van der Waals surface area contributed by atoms with Crippen molar-refractivity contribution in [1.29, 1.82) is 0 Å². The Morgan fingerprint density at radius 3 is 2.86 bits per heavy atom. The minimum absolute atomic E-state index is 0.00484. The highest BCUT2D eigenvalue weighted by Crippen LogP contribution is 2.34. The van der Waals surface area contributed by atoms with Gasteiger partial charge in [-0.2, -0.15) is 0 Å². The first kappa shape index (κ1) is 19.9. The summed E-state index contributed by atoms with van der Waals surface area (Å²) >= 11 is 4.65. The number of hydrogen-bond donors (Lipinski definition) is 1. The summed E-state index contributed by atoms with van der Waals surface area (Å²) in [4.78, 5) is 28.6. The van der Waals surface area contributed by atoms with E-state index in [0.29, 0.717) is 35.2 Å². The number of benzene rings is 1. The normalized spacial score (nSPS) is 16.2. The molecule has 2 aromatic heterocycles. The highest BCUT2D eigenvalue weighted by molar-refractivity contribution is 9.10. The summed E-state index contributed by atoms with van der Waals surface area (Å²) in [6.45, 7) is 3.03. The largest absolute Gasteiger partial charge is 0.352 e. The van der Waals surface area contributed by atoms with Crippen LogP contribution in [0, 0.1) is 12.7 Å². The van der Waals surface area contributed by atoms with E-state index in [1.165, 1.54) is 17.4 Å². The maximum absolute atomic E-state index is 14.3. The Balaban J connectivity index is 1.54. The first-order chi connectivity index (χ1) is 14.0. The van der Waals surface area contributed by atoms with Gasteiger partial charge in [-0.05, 0) is 41.8 Å². The topological polar surface area (TPSA) is 71.0 Å². The zero-order chi connectivity index (χ0) is 20.4. The summed E-state index contributed by atoms with van der Waals surface area (Å²) in [5, 5.41) is 3.94. The molecule has 0 spiro atoms. The number of carbonyl (C=O) groups is 1. The van der Waals surface area contributed by atoms with Gasteiger partial charge in [0.2, 0.25) is 5.95 Å². The van der Waals surface area contributed by atoms with E-state index in [1.54, 1.807) is 30.6 Å². The maximum Gasteiger partial charge on any atom is 0.274 e. The van der Waals surface area contributed by atoms with Crippen molar-refractivity contribution in [2.24, 2.45) is 0 Å². The number of anilines is 1. The van der Waals surface area contributed by atoms with Crippen LogP contribution < -0.4 is 5.32 Å². The highest BCUT2D eigenvalue weighted by Gasteiger charge is 2.32. The predicted molar refractivity (Wildman–Crippen MR) is 115 cm³/mol. The summed E-state index contributed by atoms with van der Waals surface area (Å²) in [6, 6.07) is 6.50. The highest BCUT2D eigenvalue weighted by atomic mass is 79.9. The van der Waals surface area contributed by atoms with Crippen LogP contribution in [0.5, 0.6) is 0 Å². The van der Waals surface area contributed by atoms with Gasteiger partial charge in [-0.3, -0.25) is 4.79 Å². The minimum Gasteiger partial charge on any atom is -0.352 e. The van der Waals surface area contributed by atoms with Gasteiger partial charge < -0.3 is 10.2 Å². The Morgan fingerprint density at radius 2 is 2.10 bits per heavy atom.